The number of nitrogens with zero attached hydrogens (tertiary/aromatic N) is 4. The molecule has 0 radical (unpaired) electrons. The minimum atomic E-state index is 0.117. The highest BCUT2D eigenvalue weighted by atomic mass is 16.2. The van der Waals surface area contributed by atoms with Gasteiger partial charge in [0.05, 0.1) is 5.69 Å². The van der Waals surface area contributed by atoms with E-state index in [0.29, 0.717) is 0 Å². The molecule has 0 aliphatic heterocycles. The molecule has 0 bridgehead atoms. The molecule has 0 spiro atoms. The Hall–Kier alpha value is -1.53. The predicted molar refractivity (Wildman–Crippen MR) is 97.2 cm³/mol. The van der Waals surface area contributed by atoms with Gasteiger partial charge in [-0.2, -0.15) is 0 Å². The van der Waals surface area contributed by atoms with E-state index < -0.39 is 0 Å². The first kappa shape index (κ1) is 19.5. The fourth-order valence-electron chi connectivity index (χ4n) is 2.55. The lowest BCUT2D eigenvalue weighted by atomic mass is 10.2. The molecule has 1 heterocycles. The lowest BCUT2D eigenvalue weighted by Gasteiger charge is -2.24. The third kappa shape index (κ3) is 6.62. The Labute approximate surface area is 141 Å². The molecule has 1 aromatic rings. The molecule has 6 nitrogen and oxygen atoms in total. The van der Waals surface area contributed by atoms with Gasteiger partial charge in [-0.15, -0.1) is 0 Å². The quantitative estimate of drug-likeness (QED) is 0.707. The number of hydrogen-bond acceptors (Lipinski definition) is 4. The SMILES string of the molecule is CNc1cc(C(=O)N(CCCN(C)C)CCCN(C)C)n(C)c1. The van der Waals surface area contributed by atoms with Crippen molar-refractivity contribution in [1.29, 1.82) is 0 Å². The maximum absolute atomic E-state index is 12.9. The first-order valence-corrected chi connectivity index (χ1v) is 8.28. The molecule has 0 saturated carbocycles. The molecule has 0 aromatic carbocycles. The molecule has 1 rings (SSSR count). The third-order valence-electron chi connectivity index (χ3n) is 3.87. The molecule has 6 heteroatoms. The fourth-order valence-corrected chi connectivity index (χ4v) is 2.55. The van der Waals surface area contributed by atoms with Crippen LogP contribution < -0.4 is 5.32 Å². The van der Waals surface area contributed by atoms with Crippen LogP contribution in [-0.2, 0) is 7.05 Å². The first-order chi connectivity index (χ1) is 10.8. The Morgan fingerprint density at radius 1 is 1.04 bits per heavy atom. The normalized spacial score (nSPS) is 11.3. The Kier molecular flexibility index (Phi) is 8.12. The van der Waals surface area contributed by atoms with E-state index in [1.807, 2.05) is 35.8 Å². The van der Waals surface area contributed by atoms with Crippen LogP contribution in [0.3, 0.4) is 0 Å². The van der Waals surface area contributed by atoms with Gasteiger partial charge in [-0.1, -0.05) is 0 Å². The molecular weight excluding hydrogens is 290 g/mol. The second-order valence-electron chi connectivity index (χ2n) is 6.58. The van der Waals surface area contributed by atoms with Crippen LogP contribution >= 0.6 is 0 Å². The van der Waals surface area contributed by atoms with E-state index in [4.69, 9.17) is 0 Å². The van der Waals surface area contributed by atoms with Gasteiger partial charge in [-0.3, -0.25) is 4.79 Å². The Morgan fingerprint density at radius 3 is 1.96 bits per heavy atom. The van der Waals surface area contributed by atoms with Crippen molar-refractivity contribution in [2.45, 2.75) is 12.8 Å². The van der Waals surface area contributed by atoms with Crippen LogP contribution in [0.2, 0.25) is 0 Å². The van der Waals surface area contributed by atoms with Crippen molar-refractivity contribution in [3.05, 3.63) is 18.0 Å². The molecule has 132 valence electrons. The summed E-state index contributed by atoms with van der Waals surface area (Å²) >= 11 is 0. The topological polar surface area (TPSA) is 43.8 Å². The number of carbonyl (C=O) groups excluding carboxylic acids is 1. The number of aromatic nitrogens is 1. The van der Waals surface area contributed by atoms with Crippen LogP contribution in [-0.4, -0.2) is 86.6 Å². The van der Waals surface area contributed by atoms with Crippen molar-refractivity contribution in [2.24, 2.45) is 7.05 Å². The molecule has 0 aliphatic carbocycles. The molecule has 0 atom stereocenters. The summed E-state index contributed by atoms with van der Waals surface area (Å²) in [6, 6.07) is 1.92. The standard InChI is InChI=1S/C17H33N5O/c1-18-15-13-16(21(6)14-15)17(23)22(11-7-9-19(2)3)12-8-10-20(4)5/h13-14,18H,7-12H2,1-6H3. The highest BCUT2D eigenvalue weighted by Gasteiger charge is 2.19. The first-order valence-electron chi connectivity index (χ1n) is 8.28. The van der Waals surface area contributed by atoms with Crippen molar-refractivity contribution in [3.8, 4) is 0 Å². The summed E-state index contributed by atoms with van der Waals surface area (Å²) in [6.07, 6.45) is 3.93. The predicted octanol–water partition coefficient (Wildman–Crippen LogP) is 1.41. The van der Waals surface area contributed by atoms with E-state index in [2.05, 4.69) is 43.3 Å². The Bertz CT molecular complexity index is 467. The molecule has 1 aromatic heterocycles. The molecule has 0 fully saturated rings. The van der Waals surface area contributed by atoms with Crippen molar-refractivity contribution < 1.29 is 4.79 Å². The van der Waals surface area contributed by atoms with E-state index in [1.165, 1.54) is 0 Å². The zero-order chi connectivity index (χ0) is 17.4. The third-order valence-corrected chi connectivity index (χ3v) is 3.87. The molecular formula is C17H33N5O. The van der Waals surface area contributed by atoms with E-state index in [0.717, 1.165) is 50.4 Å². The van der Waals surface area contributed by atoms with Crippen molar-refractivity contribution >= 4 is 11.6 Å². The number of anilines is 1. The summed E-state index contributed by atoms with van der Waals surface area (Å²) in [5.74, 6) is 0.117. The van der Waals surface area contributed by atoms with E-state index in [1.54, 1.807) is 0 Å². The fraction of sp³-hybridized carbons (Fsp3) is 0.706. The van der Waals surface area contributed by atoms with Crippen molar-refractivity contribution in [3.63, 3.8) is 0 Å². The minimum Gasteiger partial charge on any atom is -0.387 e. The van der Waals surface area contributed by atoms with Crippen LogP contribution in [0.25, 0.3) is 0 Å². The number of hydrogen-bond donors (Lipinski definition) is 1. The highest BCUT2D eigenvalue weighted by Crippen LogP contribution is 2.15. The van der Waals surface area contributed by atoms with Gasteiger partial charge in [0.25, 0.3) is 5.91 Å². The van der Waals surface area contributed by atoms with E-state index in [9.17, 15) is 4.79 Å². The lowest BCUT2D eigenvalue weighted by molar-refractivity contribution is 0.0735. The van der Waals surface area contributed by atoms with E-state index in [-0.39, 0.29) is 5.91 Å². The monoisotopic (exact) mass is 323 g/mol. The maximum atomic E-state index is 12.9. The lowest BCUT2D eigenvalue weighted by Crippen LogP contribution is -2.36. The maximum Gasteiger partial charge on any atom is 0.270 e. The Balaban J connectivity index is 2.74. The van der Waals surface area contributed by atoms with Gasteiger partial charge in [0.2, 0.25) is 0 Å². The molecule has 0 unspecified atom stereocenters. The summed E-state index contributed by atoms with van der Waals surface area (Å²) in [5.41, 5.74) is 1.71. The number of amides is 1. The van der Waals surface area contributed by atoms with Gasteiger partial charge in [-0.05, 0) is 60.2 Å². The van der Waals surface area contributed by atoms with Crippen molar-refractivity contribution in [2.75, 3.05) is 66.7 Å². The minimum absolute atomic E-state index is 0.117. The molecule has 1 amide bonds. The van der Waals surface area contributed by atoms with Gasteiger partial charge in [0.1, 0.15) is 5.69 Å². The van der Waals surface area contributed by atoms with Crippen LogP contribution in [0.4, 0.5) is 5.69 Å². The zero-order valence-electron chi connectivity index (χ0n) is 15.6. The van der Waals surface area contributed by atoms with Gasteiger partial charge >= 0.3 is 0 Å². The van der Waals surface area contributed by atoms with Crippen LogP contribution in [0.1, 0.15) is 23.3 Å². The number of nitrogens with one attached hydrogen (secondary N) is 1. The smallest absolute Gasteiger partial charge is 0.270 e. The largest absolute Gasteiger partial charge is 0.387 e. The number of carbonyl (C=O) groups is 1. The average molecular weight is 323 g/mol. The number of aryl methyl sites for hydroxylation is 1. The molecule has 23 heavy (non-hydrogen) atoms. The zero-order valence-corrected chi connectivity index (χ0v) is 15.6. The van der Waals surface area contributed by atoms with Gasteiger partial charge < -0.3 is 24.6 Å². The number of rotatable bonds is 10. The average Bonchev–Trinajstić information content (AvgIpc) is 2.85. The summed E-state index contributed by atoms with van der Waals surface area (Å²) in [6.45, 7) is 3.58. The summed E-state index contributed by atoms with van der Waals surface area (Å²) in [7, 11) is 12.0. The van der Waals surface area contributed by atoms with Crippen LogP contribution in [0.5, 0.6) is 0 Å². The second kappa shape index (κ2) is 9.57. The van der Waals surface area contributed by atoms with E-state index >= 15 is 0 Å². The molecule has 0 saturated heterocycles. The summed E-state index contributed by atoms with van der Waals surface area (Å²) in [5, 5.41) is 3.09. The summed E-state index contributed by atoms with van der Waals surface area (Å²) in [4.78, 5) is 19.2. The van der Waals surface area contributed by atoms with Crippen LogP contribution in [0.15, 0.2) is 12.3 Å². The van der Waals surface area contributed by atoms with Crippen LogP contribution in [0, 0.1) is 0 Å². The Morgan fingerprint density at radius 2 is 1.57 bits per heavy atom. The van der Waals surface area contributed by atoms with Gasteiger partial charge in [0.15, 0.2) is 0 Å². The highest BCUT2D eigenvalue weighted by molar-refractivity contribution is 5.94. The summed E-state index contributed by atoms with van der Waals surface area (Å²) < 4.78 is 1.90. The van der Waals surface area contributed by atoms with Crippen molar-refractivity contribution in [1.82, 2.24) is 19.3 Å². The molecule has 1 N–H and O–H groups in total. The second-order valence-corrected chi connectivity index (χ2v) is 6.58. The molecule has 0 aliphatic rings. The van der Waals surface area contributed by atoms with Gasteiger partial charge in [-0.25, -0.2) is 0 Å². The van der Waals surface area contributed by atoms with Gasteiger partial charge in [0, 0.05) is 33.4 Å².